The number of nitrogens with zero attached hydrogens (tertiary/aromatic N) is 1. The lowest BCUT2D eigenvalue weighted by Crippen LogP contribution is -2.11. The van der Waals surface area contributed by atoms with E-state index in [-0.39, 0.29) is 0 Å². The summed E-state index contributed by atoms with van der Waals surface area (Å²) in [7, 11) is 0. The highest BCUT2D eigenvalue weighted by Gasteiger charge is 2.21. The third kappa shape index (κ3) is 2.13. The van der Waals surface area contributed by atoms with Gasteiger partial charge in [-0.05, 0) is 60.4 Å². The average Bonchev–Trinajstić information content (AvgIpc) is 2.73. The van der Waals surface area contributed by atoms with Crippen molar-refractivity contribution in [3.05, 3.63) is 83.9 Å². The van der Waals surface area contributed by atoms with E-state index >= 15 is 0 Å². The number of rotatable bonds is 1. The number of hydrogen-bond donors (Lipinski definition) is 1. The van der Waals surface area contributed by atoms with Gasteiger partial charge in [0.1, 0.15) is 5.75 Å². The SMILES string of the molecule is Oc1ccc(N2c3ccccc3CCc3ccccc32)cc1. The van der Waals surface area contributed by atoms with E-state index in [0.717, 1.165) is 18.5 Å². The van der Waals surface area contributed by atoms with Crippen LogP contribution in [-0.2, 0) is 12.8 Å². The van der Waals surface area contributed by atoms with E-state index in [1.165, 1.54) is 22.5 Å². The van der Waals surface area contributed by atoms with Crippen molar-refractivity contribution in [2.75, 3.05) is 4.90 Å². The first kappa shape index (κ1) is 13.0. The Morgan fingerprint density at radius 1 is 0.636 bits per heavy atom. The van der Waals surface area contributed by atoms with Crippen molar-refractivity contribution in [2.45, 2.75) is 12.8 Å². The molecular weight excluding hydrogens is 270 g/mol. The Morgan fingerprint density at radius 3 is 1.68 bits per heavy atom. The van der Waals surface area contributed by atoms with E-state index in [1.807, 2.05) is 12.1 Å². The van der Waals surface area contributed by atoms with Crippen LogP contribution in [0.25, 0.3) is 0 Å². The summed E-state index contributed by atoms with van der Waals surface area (Å²) >= 11 is 0. The van der Waals surface area contributed by atoms with Crippen LogP contribution < -0.4 is 4.90 Å². The van der Waals surface area contributed by atoms with E-state index in [0.29, 0.717) is 5.75 Å². The number of hydrogen-bond acceptors (Lipinski definition) is 2. The Morgan fingerprint density at radius 2 is 1.14 bits per heavy atom. The fourth-order valence-electron chi connectivity index (χ4n) is 3.16. The van der Waals surface area contributed by atoms with Gasteiger partial charge in [0.15, 0.2) is 0 Å². The lowest BCUT2D eigenvalue weighted by atomic mass is 10.0. The van der Waals surface area contributed by atoms with Crippen molar-refractivity contribution in [3.63, 3.8) is 0 Å². The summed E-state index contributed by atoms with van der Waals surface area (Å²) < 4.78 is 0. The summed E-state index contributed by atoms with van der Waals surface area (Å²) in [5.74, 6) is 0.292. The lowest BCUT2D eigenvalue weighted by Gasteiger charge is -2.27. The van der Waals surface area contributed by atoms with Gasteiger partial charge in [-0.2, -0.15) is 0 Å². The van der Waals surface area contributed by atoms with E-state index in [1.54, 1.807) is 12.1 Å². The third-order valence-corrected chi connectivity index (χ3v) is 4.24. The van der Waals surface area contributed by atoms with Crippen LogP contribution in [0.2, 0.25) is 0 Å². The van der Waals surface area contributed by atoms with E-state index in [2.05, 4.69) is 53.4 Å². The second-order valence-corrected chi connectivity index (χ2v) is 5.61. The van der Waals surface area contributed by atoms with Crippen molar-refractivity contribution in [1.29, 1.82) is 0 Å². The van der Waals surface area contributed by atoms with Crippen LogP contribution in [0.5, 0.6) is 5.75 Å². The van der Waals surface area contributed by atoms with Gasteiger partial charge in [0, 0.05) is 17.1 Å². The van der Waals surface area contributed by atoms with Gasteiger partial charge in [-0.15, -0.1) is 0 Å². The average molecular weight is 287 g/mol. The summed E-state index contributed by atoms with van der Waals surface area (Å²) in [5.41, 5.74) is 6.22. The number of anilines is 3. The van der Waals surface area contributed by atoms with Gasteiger partial charge in [-0.25, -0.2) is 0 Å². The largest absolute Gasteiger partial charge is 0.508 e. The van der Waals surface area contributed by atoms with Crippen LogP contribution in [0.4, 0.5) is 17.1 Å². The molecule has 3 aromatic rings. The Labute approximate surface area is 130 Å². The Balaban J connectivity index is 1.96. The number of phenols is 1. The maximum Gasteiger partial charge on any atom is 0.115 e. The zero-order valence-corrected chi connectivity index (χ0v) is 12.2. The molecule has 1 heterocycles. The van der Waals surface area contributed by atoms with Gasteiger partial charge >= 0.3 is 0 Å². The van der Waals surface area contributed by atoms with Gasteiger partial charge in [-0.1, -0.05) is 36.4 Å². The molecule has 0 fully saturated rings. The molecule has 22 heavy (non-hydrogen) atoms. The molecule has 0 atom stereocenters. The Hall–Kier alpha value is -2.74. The van der Waals surface area contributed by atoms with Crippen LogP contribution in [-0.4, -0.2) is 5.11 Å². The summed E-state index contributed by atoms with van der Waals surface area (Å²) in [5, 5.41) is 9.58. The lowest BCUT2D eigenvalue weighted by molar-refractivity contribution is 0.475. The minimum atomic E-state index is 0.292. The minimum Gasteiger partial charge on any atom is -0.508 e. The predicted octanol–water partition coefficient (Wildman–Crippen LogP) is 4.96. The molecule has 0 saturated carbocycles. The molecule has 0 aromatic heterocycles. The fourth-order valence-corrected chi connectivity index (χ4v) is 3.16. The minimum absolute atomic E-state index is 0.292. The summed E-state index contributed by atoms with van der Waals surface area (Å²) in [6, 6.07) is 24.5. The predicted molar refractivity (Wildman–Crippen MR) is 90.2 cm³/mol. The molecule has 3 aromatic carbocycles. The van der Waals surface area contributed by atoms with Gasteiger partial charge in [0.05, 0.1) is 0 Å². The molecule has 0 bridgehead atoms. The molecule has 0 radical (unpaired) electrons. The molecule has 2 nitrogen and oxygen atoms in total. The van der Waals surface area contributed by atoms with Crippen LogP contribution >= 0.6 is 0 Å². The van der Waals surface area contributed by atoms with Gasteiger partial charge < -0.3 is 10.0 Å². The number of benzene rings is 3. The molecular formula is C20H17NO. The molecule has 0 unspecified atom stereocenters. The maximum absolute atomic E-state index is 9.58. The highest BCUT2D eigenvalue weighted by Crippen LogP contribution is 2.41. The van der Waals surface area contributed by atoms with Gasteiger partial charge in [0.2, 0.25) is 0 Å². The molecule has 0 aliphatic carbocycles. The van der Waals surface area contributed by atoms with Crippen LogP contribution in [0.3, 0.4) is 0 Å². The topological polar surface area (TPSA) is 23.5 Å². The molecule has 108 valence electrons. The number of para-hydroxylation sites is 2. The van der Waals surface area contributed by atoms with Gasteiger partial charge in [-0.3, -0.25) is 0 Å². The smallest absolute Gasteiger partial charge is 0.115 e. The summed E-state index contributed by atoms with van der Waals surface area (Å²) in [6.45, 7) is 0. The number of aromatic hydroxyl groups is 1. The van der Waals surface area contributed by atoms with E-state index < -0.39 is 0 Å². The van der Waals surface area contributed by atoms with E-state index in [9.17, 15) is 5.11 Å². The normalized spacial score (nSPS) is 13.2. The Bertz CT molecular complexity index is 760. The highest BCUT2D eigenvalue weighted by atomic mass is 16.3. The second kappa shape index (κ2) is 5.23. The first-order chi connectivity index (χ1) is 10.8. The molecule has 1 aliphatic rings. The summed E-state index contributed by atoms with van der Waals surface area (Å²) in [6.07, 6.45) is 2.09. The monoisotopic (exact) mass is 287 g/mol. The van der Waals surface area contributed by atoms with Crippen molar-refractivity contribution in [2.24, 2.45) is 0 Å². The molecule has 0 saturated heterocycles. The van der Waals surface area contributed by atoms with Crippen LogP contribution in [0, 0.1) is 0 Å². The number of fused-ring (bicyclic) bond motifs is 2. The zero-order valence-electron chi connectivity index (χ0n) is 12.2. The maximum atomic E-state index is 9.58. The first-order valence-electron chi connectivity index (χ1n) is 7.58. The standard InChI is InChI=1S/C20H17NO/c22-18-13-11-17(12-14-18)21-19-7-3-1-5-15(19)9-10-16-6-2-4-8-20(16)21/h1-8,11-14,22H,9-10H2. The number of phenolic OH excluding ortho intramolecular Hbond substituents is 1. The molecule has 0 spiro atoms. The first-order valence-corrected chi connectivity index (χ1v) is 7.58. The number of aryl methyl sites for hydroxylation is 2. The summed E-state index contributed by atoms with van der Waals surface area (Å²) in [4.78, 5) is 2.29. The van der Waals surface area contributed by atoms with Crippen LogP contribution in [0.15, 0.2) is 72.8 Å². The van der Waals surface area contributed by atoms with Crippen LogP contribution in [0.1, 0.15) is 11.1 Å². The molecule has 4 rings (SSSR count). The molecule has 1 aliphatic heterocycles. The van der Waals surface area contributed by atoms with Crippen molar-refractivity contribution in [1.82, 2.24) is 0 Å². The Kier molecular flexibility index (Phi) is 3.08. The molecule has 2 heteroatoms. The van der Waals surface area contributed by atoms with Crippen molar-refractivity contribution < 1.29 is 5.11 Å². The van der Waals surface area contributed by atoms with E-state index in [4.69, 9.17) is 0 Å². The highest BCUT2D eigenvalue weighted by molar-refractivity contribution is 5.81. The second-order valence-electron chi connectivity index (χ2n) is 5.61. The molecule has 1 N–H and O–H groups in total. The van der Waals surface area contributed by atoms with Crippen molar-refractivity contribution >= 4 is 17.1 Å². The van der Waals surface area contributed by atoms with Gasteiger partial charge in [0.25, 0.3) is 0 Å². The fraction of sp³-hybridized carbons (Fsp3) is 0.100. The third-order valence-electron chi connectivity index (χ3n) is 4.24. The quantitative estimate of drug-likeness (QED) is 0.683. The zero-order chi connectivity index (χ0) is 14.9. The van der Waals surface area contributed by atoms with Crippen molar-refractivity contribution in [3.8, 4) is 5.75 Å². The molecule has 0 amide bonds.